The van der Waals surface area contributed by atoms with E-state index in [1.165, 1.54) is 12.8 Å². The van der Waals surface area contributed by atoms with Gasteiger partial charge in [-0.1, -0.05) is 0 Å². The van der Waals surface area contributed by atoms with Crippen LogP contribution >= 0.6 is 0 Å². The topological polar surface area (TPSA) is 34.1 Å². The van der Waals surface area contributed by atoms with Gasteiger partial charge in [0.05, 0.1) is 6.10 Å². The summed E-state index contributed by atoms with van der Waals surface area (Å²) in [6, 6.07) is 3.88. The zero-order valence-corrected chi connectivity index (χ0v) is 11.2. The van der Waals surface area contributed by atoms with E-state index in [0.29, 0.717) is 0 Å². The molecule has 1 aliphatic rings. The highest BCUT2D eigenvalue weighted by atomic mass is 16.5. The van der Waals surface area contributed by atoms with Crippen LogP contribution in [0.15, 0.2) is 18.3 Å². The van der Waals surface area contributed by atoms with Crippen molar-refractivity contribution in [2.45, 2.75) is 52.2 Å². The molecule has 0 aromatic carbocycles. The molecule has 0 aliphatic heterocycles. The lowest BCUT2D eigenvalue weighted by atomic mass is 9.99. The van der Waals surface area contributed by atoms with Crippen LogP contribution < -0.4 is 10.1 Å². The van der Waals surface area contributed by atoms with Crippen molar-refractivity contribution in [3.8, 4) is 5.75 Å². The van der Waals surface area contributed by atoms with E-state index in [9.17, 15) is 0 Å². The predicted molar refractivity (Wildman–Crippen MR) is 70.4 cm³/mol. The fourth-order valence-electron chi connectivity index (χ4n) is 2.05. The van der Waals surface area contributed by atoms with Crippen molar-refractivity contribution in [2.75, 3.05) is 5.32 Å². The summed E-state index contributed by atoms with van der Waals surface area (Å²) >= 11 is 0. The summed E-state index contributed by atoms with van der Waals surface area (Å²) in [7, 11) is 0. The number of rotatable bonds is 5. The monoisotopic (exact) mass is 234 g/mol. The molecule has 1 aliphatic carbocycles. The molecule has 3 heteroatoms. The van der Waals surface area contributed by atoms with Crippen LogP contribution in [-0.4, -0.2) is 16.6 Å². The summed E-state index contributed by atoms with van der Waals surface area (Å²) in [5.41, 5.74) is 0.101. The minimum Gasteiger partial charge on any atom is -0.487 e. The van der Waals surface area contributed by atoms with E-state index >= 15 is 0 Å². The van der Waals surface area contributed by atoms with Crippen LogP contribution in [-0.2, 0) is 0 Å². The zero-order chi connectivity index (χ0) is 12.5. The van der Waals surface area contributed by atoms with Crippen LogP contribution in [0.5, 0.6) is 5.75 Å². The van der Waals surface area contributed by atoms with Crippen LogP contribution in [0.25, 0.3) is 0 Å². The van der Waals surface area contributed by atoms with Gasteiger partial charge in [-0.3, -0.25) is 0 Å². The van der Waals surface area contributed by atoms with Crippen LogP contribution in [0.4, 0.5) is 5.82 Å². The van der Waals surface area contributed by atoms with E-state index in [1.54, 1.807) is 6.20 Å². The maximum atomic E-state index is 5.77. The second kappa shape index (κ2) is 4.55. The molecule has 1 aromatic rings. The Morgan fingerprint density at radius 2 is 2.12 bits per heavy atom. The molecular formula is C14H22N2O. The Balaban J connectivity index is 2.14. The second-order valence-electron chi connectivity index (χ2n) is 5.64. The molecule has 0 spiro atoms. The Labute approximate surface area is 104 Å². The van der Waals surface area contributed by atoms with Crippen molar-refractivity contribution < 1.29 is 4.74 Å². The first kappa shape index (κ1) is 12.2. The Kier molecular flexibility index (Phi) is 3.27. The molecule has 0 atom stereocenters. The summed E-state index contributed by atoms with van der Waals surface area (Å²) in [4.78, 5) is 4.39. The Hall–Kier alpha value is -1.25. The van der Waals surface area contributed by atoms with E-state index in [2.05, 4.69) is 24.1 Å². The van der Waals surface area contributed by atoms with Crippen molar-refractivity contribution in [2.24, 2.45) is 5.92 Å². The highest BCUT2D eigenvalue weighted by Crippen LogP contribution is 2.41. The molecule has 2 rings (SSSR count). The minimum atomic E-state index is 0.101. The highest BCUT2D eigenvalue weighted by molar-refractivity contribution is 5.51. The normalized spacial score (nSPS) is 16.1. The Morgan fingerprint density at radius 3 is 2.71 bits per heavy atom. The van der Waals surface area contributed by atoms with Crippen LogP contribution in [0.2, 0.25) is 0 Å². The molecule has 1 heterocycles. The van der Waals surface area contributed by atoms with E-state index in [4.69, 9.17) is 4.74 Å². The molecule has 1 fully saturated rings. The van der Waals surface area contributed by atoms with Gasteiger partial charge in [-0.05, 0) is 58.6 Å². The molecule has 17 heavy (non-hydrogen) atoms. The standard InChI is InChI=1S/C14H22N2O/c1-10(2)17-12-6-5-9-15-13(12)16-14(3,4)11-7-8-11/h5-6,9-11H,7-8H2,1-4H3,(H,15,16). The van der Waals surface area contributed by atoms with Crippen LogP contribution in [0.1, 0.15) is 40.5 Å². The number of nitrogens with one attached hydrogen (secondary N) is 1. The predicted octanol–water partition coefficient (Wildman–Crippen LogP) is 3.47. The molecule has 1 N–H and O–H groups in total. The number of aromatic nitrogens is 1. The molecular weight excluding hydrogens is 212 g/mol. The lowest BCUT2D eigenvalue weighted by Crippen LogP contribution is -2.34. The Bertz CT molecular complexity index is 384. The van der Waals surface area contributed by atoms with Crippen LogP contribution in [0.3, 0.4) is 0 Å². The quantitative estimate of drug-likeness (QED) is 0.847. The van der Waals surface area contributed by atoms with Gasteiger partial charge < -0.3 is 10.1 Å². The van der Waals surface area contributed by atoms with Gasteiger partial charge in [-0.2, -0.15) is 0 Å². The van der Waals surface area contributed by atoms with E-state index in [-0.39, 0.29) is 11.6 Å². The fourth-order valence-corrected chi connectivity index (χ4v) is 2.05. The third-order valence-electron chi connectivity index (χ3n) is 3.17. The maximum Gasteiger partial charge on any atom is 0.169 e. The van der Waals surface area contributed by atoms with Crippen molar-refractivity contribution in [3.63, 3.8) is 0 Å². The molecule has 0 unspecified atom stereocenters. The minimum absolute atomic E-state index is 0.101. The van der Waals surface area contributed by atoms with Crippen LogP contribution in [0, 0.1) is 5.92 Å². The SMILES string of the molecule is CC(C)Oc1cccnc1NC(C)(C)C1CC1. The van der Waals surface area contributed by atoms with Gasteiger partial charge >= 0.3 is 0 Å². The van der Waals surface area contributed by atoms with Gasteiger partial charge in [0.15, 0.2) is 11.6 Å². The zero-order valence-electron chi connectivity index (χ0n) is 11.2. The average molecular weight is 234 g/mol. The van der Waals surface area contributed by atoms with Crippen molar-refractivity contribution in [1.29, 1.82) is 0 Å². The van der Waals surface area contributed by atoms with Crippen molar-refractivity contribution in [3.05, 3.63) is 18.3 Å². The summed E-state index contributed by atoms with van der Waals surface area (Å²) < 4.78 is 5.77. The number of pyridine rings is 1. The maximum absolute atomic E-state index is 5.77. The molecule has 94 valence electrons. The van der Waals surface area contributed by atoms with E-state index < -0.39 is 0 Å². The van der Waals surface area contributed by atoms with Crippen molar-refractivity contribution in [1.82, 2.24) is 4.98 Å². The molecule has 0 bridgehead atoms. The van der Waals surface area contributed by atoms with Gasteiger partial charge in [-0.25, -0.2) is 4.98 Å². The number of nitrogens with zero attached hydrogens (tertiary/aromatic N) is 1. The second-order valence-corrected chi connectivity index (χ2v) is 5.64. The van der Waals surface area contributed by atoms with Gasteiger partial charge in [0.1, 0.15) is 0 Å². The van der Waals surface area contributed by atoms with Gasteiger partial charge in [0.25, 0.3) is 0 Å². The average Bonchev–Trinajstić information content (AvgIpc) is 3.03. The first-order chi connectivity index (χ1) is 7.99. The number of hydrogen-bond acceptors (Lipinski definition) is 3. The van der Waals surface area contributed by atoms with Crippen molar-refractivity contribution >= 4 is 5.82 Å². The highest BCUT2D eigenvalue weighted by Gasteiger charge is 2.38. The summed E-state index contributed by atoms with van der Waals surface area (Å²) in [5, 5.41) is 3.52. The number of hydrogen-bond donors (Lipinski definition) is 1. The van der Waals surface area contributed by atoms with Gasteiger partial charge in [-0.15, -0.1) is 0 Å². The molecule has 0 saturated heterocycles. The first-order valence-electron chi connectivity index (χ1n) is 6.39. The molecule has 3 nitrogen and oxygen atoms in total. The van der Waals surface area contributed by atoms with E-state index in [1.807, 2.05) is 26.0 Å². The van der Waals surface area contributed by atoms with E-state index in [0.717, 1.165) is 17.5 Å². The number of ether oxygens (including phenoxy) is 1. The summed E-state index contributed by atoms with van der Waals surface area (Å²) in [6.45, 7) is 8.53. The molecule has 0 amide bonds. The third kappa shape index (κ3) is 3.11. The molecule has 1 saturated carbocycles. The lowest BCUT2D eigenvalue weighted by Gasteiger charge is -2.28. The Morgan fingerprint density at radius 1 is 1.41 bits per heavy atom. The molecule has 1 aromatic heterocycles. The molecule has 0 radical (unpaired) electrons. The smallest absolute Gasteiger partial charge is 0.169 e. The van der Waals surface area contributed by atoms with Gasteiger partial charge in [0.2, 0.25) is 0 Å². The first-order valence-corrected chi connectivity index (χ1v) is 6.39. The summed E-state index contributed by atoms with van der Waals surface area (Å²) in [5.74, 6) is 2.46. The third-order valence-corrected chi connectivity index (χ3v) is 3.17. The summed E-state index contributed by atoms with van der Waals surface area (Å²) in [6.07, 6.45) is 4.60. The number of anilines is 1. The largest absolute Gasteiger partial charge is 0.487 e. The lowest BCUT2D eigenvalue weighted by molar-refractivity contribution is 0.242. The fraction of sp³-hybridized carbons (Fsp3) is 0.643. The van der Waals surface area contributed by atoms with Gasteiger partial charge in [0, 0.05) is 11.7 Å².